The molecule has 0 saturated heterocycles. The third-order valence-electron chi connectivity index (χ3n) is 1.88. The normalized spacial score (nSPS) is 12.6. The van der Waals surface area contributed by atoms with Crippen molar-refractivity contribution in [2.45, 2.75) is 13.0 Å². The molecule has 1 aromatic heterocycles. The first-order valence-corrected chi connectivity index (χ1v) is 4.69. The monoisotopic (exact) mass is 223 g/mol. The molecule has 0 saturated carbocycles. The van der Waals surface area contributed by atoms with Gasteiger partial charge in [0.15, 0.2) is 0 Å². The largest absolute Gasteiger partial charge is 0.480 e. The van der Waals surface area contributed by atoms with Gasteiger partial charge in [-0.3, -0.25) is 14.3 Å². The Kier molecular flexibility index (Phi) is 3.82. The molecule has 86 valence electrons. The van der Waals surface area contributed by atoms with Crippen LogP contribution in [0, 0.1) is 0 Å². The number of aromatic nitrogens is 2. The van der Waals surface area contributed by atoms with Gasteiger partial charge in [0.05, 0.1) is 6.20 Å². The molecule has 0 aliphatic heterocycles. The number of aliphatic carboxylic acids is 1. The Morgan fingerprint density at radius 2 is 2.31 bits per heavy atom. The summed E-state index contributed by atoms with van der Waals surface area (Å²) in [6.07, 6.45) is 6.18. The number of hydrogen-bond donors (Lipinski definition) is 2. The molecule has 0 radical (unpaired) electrons. The Morgan fingerprint density at radius 1 is 1.62 bits per heavy atom. The lowest BCUT2D eigenvalue weighted by atomic mass is 10.3. The second-order valence-electron chi connectivity index (χ2n) is 3.35. The predicted octanol–water partition coefficient (Wildman–Crippen LogP) is 0.0226. The van der Waals surface area contributed by atoms with E-state index in [1.54, 1.807) is 30.2 Å². The summed E-state index contributed by atoms with van der Waals surface area (Å²) in [4.78, 5) is 21.7. The summed E-state index contributed by atoms with van der Waals surface area (Å²) in [7, 11) is 1.77. The number of rotatable bonds is 4. The molecule has 1 heterocycles. The summed E-state index contributed by atoms with van der Waals surface area (Å²) < 4.78 is 1.61. The lowest BCUT2D eigenvalue weighted by molar-refractivity contribution is -0.140. The highest BCUT2D eigenvalue weighted by Gasteiger charge is 2.11. The van der Waals surface area contributed by atoms with Crippen molar-refractivity contribution in [1.29, 1.82) is 0 Å². The predicted molar refractivity (Wildman–Crippen MR) is 57.5 cm³/mol. The fourth-order valence-electron chi connectivity index (χ4n) is 1.02. The lowest BCUT2D eigenvalue weighted by Gasteiger charge is -2.05. The van der Waals surface area contributed by atoms with E-state index in [1.165, 1.54) is 13.0 Å². The van der Waals surface area contributed by atoms with Crippen molar-refractivity contribution in [2.24, 2.45) is 7.05 Å². The van der Waals surface area contributed by atoms with Crippen molar-refractivity contribution >= 4 is 18.0 Å². The molecule has 0 fully saturated rings. The molecular formula is C10H13N3O3. The quantitative estimate of drug-likeness (QED) is 0.705. The summed E-state index contributed by atoms with van der Waals surface area (Å²) in [5.74, 6) is -1.51. The van der Waals surface area contributed by atoms with Crippen molar-refractivity contribution in [1.82, 2.24) is 15.1 Å². The molecule has 6 heteroatoms. The minimum atomic E-state index is -1.07. The van der Waals surface area contributed by atoms with Crippen LogP contribution >= 0.6 is 0 Å². The maximum Gasteiger partial charge on any atom is 0.325 e. The molecule has 1 rings (SSSR count). The molecule has 16 heavy (non-hydrogen) atoms. The van der Waals surface area contributed by atoms with Gasteiger partial charge in [-0.25, -0.2) is 0 Å². The van der Waals surface area contributed by atoms with Gasteiger partial charge >= 0.3 is 5.97 Å². The van der Waals surface area contributed by atoms with Gasteiger partial charge in [-0.15, -0.1) is 0 Å². The van der Waals surface area contributed by atoms with Crippen LogP contribution in [0.1, 0.15) is 12.5 Å². The Bertz CT molecular complexity index is 423. The molecule has 0 aromatic carbocycles. The van der Waals surface area contributed by atoms with E-state index in [0.29, 0.717) is 0 Å². The summed E-state index contributed by atoms with van der Waals surface area (Å²) in [6, 6.07) is -0.897. The Morgan fingerprint density at radius 3 is 2.81 bits per heavy atom. The maximum absolute atomic E-state index is 11.2. The topological polar surface area (TPSA) is 84.2 Å². The summed E-state index contributed by atoms with van der Waals surface area (Å²) in [6.45, 7) is 1.40. The van der Waals surface area contributed by atoms with E-state index in [4.69, 9.17) is 5.11 Å². The van der Waals surface area contributed by atoms with Crippen molar-refractivity contribution in [2.75, 3.05) is 0 Å². The van der Waals surface area contributed by atoms with Gasteiger partial charge in [-0.1, -0.05) is 0 Å². The smallest absolute Gasteiger partial charge is 0.325 e. The standard InChI is InChI=1S/C10H13N3O3/c1-7(10(15)16)12-9(14)4-3-8-5-11-13(2)6-8/h3-7H,1-2H3,(H,12,14)(H,15,16)/b4-3+. The molecule has 2 N–H and O–H groups in total. The second kappa shape index (κ2) is 5.11. The van der Waals surface area contributed by atoms with Gasteiger partial charge < -0.3 is 10.4 Å². The number of nitrogens with one attached hydrogen (secondary N) is 1. The van der Waals surface area contributed by atoms with Crippen molar-refractivity contribution < 1.29 is 14.7 Å². The number of carboxylic acid groups (broad SMARTS) is 1. The maximum atomic E-state index is 11.2. The van der Waals surface area contributed by atoms with E-state index in [0.717, 1.165) is 5.56 Å². The van der Waals surface area contributed by atoms with Crippen LogP contribution in [0.3, 0.4) is 0 Å². The number of carbonyl (C=O) groups excluding carboxylic acids is 1. The van der Waals surface area contributed by atoms with Crippen LogP contribution < -0.4 is 5.32 Å². The van der Waals surface area contributed by atoms with Crippen LogP contribution in [0.4, 0.5) is 0 Å². The van der Waals surface area contributed by atoms with Crippen LogP contribution in [0.25, 0.3) is 6.08 Å². The number of carbonyl (C=O) groups is 2. The molecular weight excluding hydrogens is 210 g/mol. The Balaban J connectivity index is 2.51. The Labute approximate surface area is 92.6 Å². The van der Waals surface area contributed by atoms with Gasteiger partial charge in [-0.2, -0.15) is 5.10 Å². The highest BCUT2D eigenvalue weighted by Crippen LogP contribution is 1.98. The molecule has 1 amide bonds. The molecule has 0 aliphatic carbocycles. The minimum absolute atomic E-state index is 0.446. The Hall–Kier alpha value is -2.11. The fourth-order valence-corrected chi connectivity index (χ4v) is 1.02. The first-order chi connectivity index (χ1) is 7.49. The number of nitrogens with zero attached hydrogens (tertiary/aromatic N) is 2. The lowest BCUT2D eigenvalue weighted by Crippen LogP contribution is -2.37. The number of hydrogen-bond acceptors (Lipinski definition) is 3. The average Bonchev–Trinajstić information content (AvgIpc) is 2.61. The van der Waals surface area contributed by atoms with E-state index in [-0.39, 0.29) is 0 Å². The number of carboxylic acids is 1. The number of aryl methyl sites for hydroxylation is 1. The van der Waals surface area contributed by atoms with Crippen molar-refractivity contribution in [3.8, 4) is 0 Å². The van der Waals surface area contributed by atoms with E-state index >= 15 is 0 Å². The zero-order valence-electron chi connectivity index (χ0n) is 9.04. The van der Waals surface area contributed by atoms with E-state index in [1.807, 2.05) is 0 Å². The molecule has 1 aromatic rings. The van der Waals surface area contributed by atoms with E-state index in [9.17, 15) is 9.59 Å². The number of amides is 1. The van der Waals surface area contributed by atoms with Crippen LogP contribution in [-0.4, -0.2) is 32.8 Å². The average molecular weight is 223 g/mol. The highest BCUT2D eigenvalue weighted by molar-refractivity contribution is 5.94. The van der Waals surface area contributed by atoms with Gasteiger partial charge in [0, 0.05) is 24.9 Å². The zero-order valence-corrected chi connectivity index (χ0v) is 9.04. The second-order valence-corrected chi connectivity index (χ2v) is 3.35. The SMILES string of the molecule is CC(NC(=O)/C=C/c1cnn(C)c1)C(=O)O. The fraction of sp³-hybridized carbons (Fsp3) is 0.300. The summed E-state index contributed by atoms with van der Waals surface area (Å²) in [5, 5.41) is 14.8. The van der Waals surface area contributed by atoms with Gasteiger partial charge in [0.1, 0.15) is 6.04 Å². The van der Waals surface area contributed by atoms with Gasteiger partial charge in [0.25, 0.3) is 0 Å². The zero-order chi connectivity index (χ0) is 12.1. The van der Waals surface area contributed by atoms with Crippen LogP contribution in [0.2, 0.25) is 0 Å². The molecule has 6 nitrogen and oxygen atoms in total. The van der Waals surface area contributed by atoms with E-state index < -0.39 is 17.9 Å². The van der Waals surface area contributed by atoms with Crippen molar-refractivity contribution in [3.63, 3.8) is 0 Å². The van der Waals surface area contributed by atoms with Crippen LogP contribution in [-0.2, 0) is 16.6 Å². The third-order valence-corrected chi connectivity index (χ3v) is 1.88. The van der Waals surface area contributed by atoms with Gasteiger partial charge in [0.2, 0.25) is 5.91 Å². The molecule has 1 unspecified atom stereocenters. The minimum Gasteiger partial charge on any atom is -0.480 e. The summed E-state index contributed by atoms with van der Waals surface area (Å²) >= 11 is 0. The van der Waals surface area contributed by atoms with E-state index in [2.05, 4.69) is 10.4 Å². The van der Waals surface area contributed by atoms with Crippen LogP contribution in [0.15, 0.2) is 18.5 Å². The molecule has 0 aliphatic rings. The first-order valence-electron chi connectivity index (χ1n) is 4.69. The summed E-state index contributed by atoms with van der Waals surface area (Å²) in [5.41, 5.74) is 0.778. The molecule has 1 atom stereocenters. The molecule has 0 spiro atoms. The first kappa shape index (κ1) is 12.0. The third kappa shape index (κ3) is 3.56. The van der Waals surface area contributed by atoms with Crippen molar-refractivity contribution in [3.05, 3.63) is 24.0 Å². The molecule has 0 bridgehead atoms. The van der Waals surface area contributed by atoms with Gasteiger partial charge in [-0.05, 0) is 13.0 Å². The van der Waals surface area contributed by atoms with Crippen LogP contribution in [0.5, 0.6) is 0 Å². The highest BCUT2D eigenvalue weighted by atomic mass is 16.4.